The van der Waals surface area contributed by atoms with Crippen LogP contribution < -0.4 is 0 Å². The predicted molar refractivity (Wildman–Crippen MR) is 109 cm³/mol. The van der Waals surface area contributed by atoms with E-state index in [1.54, 1.807) is 35.6 Å². The number of carbonyl (C=O) groups excluding carboxylic acids is 1. The molecule has 1 aromatic heterocycles. The number of piperidine rings is 1. The van der Waals surface area contributed by atoms with E-state index in [2.05, 4.69) is 16.8 Å². The van der Waals surface area contributed by atoms with E-state index in [1.165, 1.54) is 9.87 Å². The molecule has 2 heterocycles. The molecule has 0 radical (unpaired) electrons. The van der Waals surface area contributed by atoms with Crippen LogP contribution in [0.3, 0.4) is 0 Å². The third kappa shape index (κ3) is 4.25. The van der Waals surface area contributed by atoms with Crippen molar-refractivity contribution in [3.8, 4) is 0 Å². The molecule has 3 rings (SSSR count). The zero-order valence-electron chi connectivity index (χ0n) is 15.8. The van der Waals surface area contributed by atoms with Gasteiger partial charge in [-0.05, 0) is 65.4 Å². The summed E-state index contributed by atoms with van der Waals surface area (Å²) in [4.78, 5) is 14.9. The van der Waals surface area contributed by atoms with E-state index in [0.717, 1.165) is 25.9 Å². The first-order chi connectivity index (χ1) is 13.0. The maximum absolute atomic E-state index is 12.8. The van der Waals surface area contributed by atoms with Crippen molar-refractivity contribution in [2.75, 3.05) is 26.2 Å². The second-order valence-corrected chi connectivity index (χ2v) is 9.45. The summed E-state index contributed by atoms with van der Waals surface area (Å²) in [5.74, 6) is 0.507. The largest absolute Gasteiger partial charge is 0.339 e. The number of rotatable bonds is 6. The van der Waals surface area contributed by atoms with Gasteiger partial charge < -0.3 is 4.90 Å². The van der Waals surface area contributed by atoms with Gasteiger partial charge in [0.1, 0.15) is 0 Å². The highest BCUT2D eigenvalue weighted by Gasteiger charge is 2.26. The Balaban J connectivity index is 1.66. The van der Waals surface area contributed by atoms with E-state index in [-0.39, 0.29) is 10.8 Å². The number of amides is 1. The van der Waals surface area contributed by atoms with Crippen molar-refractivity contribution in [1.29, 1.82) is 0 Å². The van der Waals surface area contributed by atoms with Crippen LogP contribution in [0.5, 0.6) is 0 Å². The minimum absolute atomic E-state index is 0.0226. The van der Waals surface area contributed by atoms with E-state index < -0.39 is 10.0 Å². The molecule has 5 nitrogen and oxygen atoms in total. The monoisotopic (exact) mass is 406 g/mol. The molecule has 1 aromatic carbocycles. The molecule has 1 amide bonds. The molecule has 0 aliphatic carbocycles. The highest BCUT2D eigenvalue weighted by atomic mass is 32.2. The van der Waals surface area contributed by atoms with Gasteiger partial charge in [0.25, 0.3) is 5.91 Å². The second-order valence-electron chi connectivity index (χ2n) is 6.74. The standard InChI is InChI=1S/C20H26N2O3S2/c1-3-22(4-2)27(24,25)19-7-5-17(6-8-19)20(23)21-12-9-16(10-13-21)18-11-14-26-15-18/h5-8,11,14-16H,3-4,9-10,12-13H2,1-2H3. The molecule has 0 unspecified atom stereocenters. The van der Waals surface area contributed by atoms with Crippen LogP contribution in [0, 0.1) is 0 Å². The first-order valence-corrected chi connectivity index (χ1v) is 11.8. The van der Waals surface area contributed by atoms with Crippen LogP contribution in [-0.4, -0.2) is 49.7 Å². The van der Waals surface area contributed by atoms with Gasteiger partial charge in [0, 0.05) is 31.7 Å². The molecule has 2 aromatic rings. The number of hydrogen-bond acceptors (Lipinski definition) is 4. The van der Waals surface area contributed by atoms with E-state index >= 15 is 0 Å². The molecule has 146 valence electrons. The molecule has 1 fully saturated rings. The minimum Gasteiger partial charge on any atom is -0.339 e. The summed E-state index contributed by atoms with van der Waals surface area (Å²) in [6.07, 6.45) is 1.94. The average Bonchev–Trinajstić information content (AvgIpc) is 3.23. The van der Waals surface area contributed by atoms with Crippen LogP contribution in [0.4, 0.5) is 0 Å². The van der Waals surface area contributed by atoms with E-state index in [9.17, 15) is 13.2 Å². The number of benzene rings is 1. The zero-order valence-corrected chi connectivity index (χ0v) is 17.4. The molecule has 7 heteroatoms. The molecular formula is C20H26N2O3S2. The van der Waals surface area contributed by atoms with Crippen LogP contribution in [0.2, 0.25) is 0 Å². The Hall–Kier alpha value is -1.70. The summed E-state index contributed by atoms with van der Waals surface area (Å²) in [5.41, 5.74) is 1.92. The summed E-state index contributed by atoms with van der Waals surface area (Å²) < 4.78 is 26.5. The molecule has 1 saturated heterocycles. The Morgan fingerprint density at radius 1 is 1.11 bits per heavy atom. The summed E-state index contributed by atoms with van der Waals surface area (Å²) in [7, 11) is -3.49. The molecule has 0 atom stereocenters. The lowest BCUT2D eigenvalue weighted by atomic mass is 9.91. The number of carbonyl (C=O) groups is 1. The number of hydrogen-bond donors (Lipinski definition) is 0. The fourth-order valence-electron chi connectivity index (χ4n) is 3.59. The van der Waals surface area contributed by atoms with Crippen molar-refractivity contribution in [1.82, 2.24) is 9.21 Å². The molecule has 1 aliphatic rings. The zero-order chi connectivity index (χ0) is 19.4. The molecule has 0 saturated carbocycles. The average molecular weight is 407 g/mol. The number of nitrogens with zero attached hydrogens (tertiary/aromatic N) is 2. The first-order valence-electron chi connectivity index (χ1n) is 9.39. The molecular weight excluding hydrogens is 380 g/mol. The second kappa shape index (κ2) is 8.54. The Labute approximate surface area is 165 Å². The minimum atomic E-state index is -3.49. The van der Waals surface area contributed by atoms with Crippen LogP contribution in [0.15, 0.2) is 46.0 Å². The predicted octanol–water partition coefficient (Wildman–Crippen LogP) is 3.80. The molecule has 1 aliphatic heterocycles. The van der Waals surface area contributed by atoms with E-state index in [4.69, 9.17) is 0 Å². The number of likely N-dealkylation sites (tertiary alicyclic amines) is 1. The van der Waals surface area contributed by atoms with Crippen molar-refractivity contribution in [3.05, 3.63) is 52.2 Å². The Morgan fingerprint density at radius 2 is 1.74 bits per heavy atom. The van der Waals surface area contributed by atoms with Gasteiger partial charge in [0.05, 0.1) is 4.90 Å². The molecule has 0 bridgehead atoms. The van der Waals surface area contributed by atoms with Crippen molar-refractivity contribution in [2.24, 2.45) is 0 Å². The van der Waals surface area contributed by atoms with Crippen molar-refractivity contribution >= 4 is 27.3 Å². The lowest BCUT2D eigenvalue weighted by molar-refractivity contribution is 0.0713. The van der Waals surface area contributed by atoms with Crippen molar-refractivity contribution in [2.45, 2.75) is 37.5 Å². The Bertz CT molecular complexity index is 849. The van der Waals surface area contributed by atoms with Gasteiger partial charge in [-0.25, -0.2) is 8.42 Å². The maximum atomic E-state index is 12.8. The van der Waals surface area contributed by atoms with Crippen LogP contribution >= 0.6 is 11.3 Å². The maximum Gasteiger partial charge on any atom is 0.253 e. The molecule has 27 heavy (non-hydrogen) atoms. The lowest BCUT2D eigenvalue weighted by Gasteiger charge is -2.32. The van der Waals surface area contributed by atoms with Crippen molar-refractivity contribution < 1.29 is 13.2 Å². The van der Waals surface area contributed by atoms with Gasteiger partial charge in [-0.3, -0.25) is 4.79 Å². The molecule has 0 spiro atoms. The fraction of sp³-hybridized carbons (Fsp3) is 0.450. The molecule has 0 N–H and O–H groups in total. The first kappa shape index (κ1) is 20.0. The smallest absolute Gasteiger partial charge is 0.253 e. The van der Waals surface area contributed by atoms with Crippen LogP contribution in [-0.2, 0) is 10.0 Å². The number of sulfonamides is 1. The van der Waals surface area contributed by atoms with Crippen LogP contribution in [0.25, 0.3) is 0 Å². The topological polar surface area (TPSA) is 57.7 Å². The van der Waals surface area contributed by atoms with Gasteiger partial charge in [-0.2, -0.15) is 15.6 Å². The SMILES string of the molecule is CCN(CC)S(=O)(=O)c1ccc(C(=O)N2CCC(c3ccsc3)CC2)cc1. The summed E-state index contributed by atoms with van der Waals surface area (Å²) in [6.45, 7) is 5.96. The third-order valence-electron chi connectivity index (χ3n) is 5.24. The highest BCUT2D eigenvalue weighted by molar-refractivity contribution is 7.89. The summed E-state index contributed by atoms with van der Waals surface area (Å²) >= 11 is 1.71. The van der Waals surface area contributed by atoms with E-state index in [0.29, 0.717) is 24.6 Å². The highest BCUT2D eigenvalue weighted by Crippen LogP contribution is 2.30. The van der Waals surface area contributed by atoms with Crippen LogP contribution in [0.1, 0.15) is 48.5 Å². The van der Waals surface area contributed by atoms with Gasteiger partial charge >= 0.3 is 0 Å². The van der Waals surface area contributed by atoms with Crippen molar-refractivity contribution in [3.63, 3.8) is 0 Å². The Kier molecular flexibility index (Phi) is 6.34. The Morgan fingerprint density at radius 3 is 2.26 bits per heavy atom. The van der Waals surface area contributed by atoms with Gasteiger partial charge in [0.2, 0.25) is 10.0 Å². The van der Waals surface area contributed by atoms with Gasteiger partial charge in [-0.1, -0.05) is 13.8 Å². The third-order valence-corrected chi connectivity index (χ3v) is 8.01. The normalized spacial score (nSPS) is 16.0. The van der Waals surface area contributed by atoms with E-state index in [1.807, 2.05) is 18.7 Å². The quantitative estimate of drug-likeness (QED) is 0.733. The summed E-state index contributed by atoms with van der Waals surface area (Å²) in [5, 5.41) is 4.29. The van der Waals surface area contributed by atoms with Gasteiger partial charge in [0.15, 0.2) is 0 Å². The summed E-state index contributed by atoms with van der Waals surface area (Å²) in [6, 6.07) is 8.51. The van der Waals surface area contributed by atoms with Gasteiger partial charge in [-0.15, -0.1) is 0 Å². The fourth-order valence-corrected chi connectivity index (χ4v) is 5.79. The number of thiophene rings is 1. The lowest BCUT2D eigenvalue weighted by Crippen LogP contribution is -2.37.